The lowest BCUT2D eigenvalue weighted by Gasteiger charge is -2.22. The Morgan fingerprint density at radius 2 is 1.83 bits per heavy atom. The van der Waals surface area contributed by atoms with E-state index in [-0.39, 0.29) is 16.3 Å². The topological polar surface area (TPSA) is 113 Å². The molecule has 0 aliphatic carbocycles. The highest BCUT2D eigenvalue weighted by atomic mass is 32.2. The van der Waals surface area contributed by atoms with E-state index in [0.29, 0.717) is 0 Å². The van der Waals surface area contributed by atoms with E-state index in [1.807, 2.05) is 0 Å². The van der Waals surface area contributed by atoms with E-state index in [2.05, 4.69) is 9.46 Å². The number of carbonyl (C=O) groups is 2. The minimum atomic E-state index is -4.09. The standard InChI is InChI=1S/C14H20N2O6S/c1-9(17)16(19)10-6-7-11(13(18)22-5)12(8-10)23(20,21)15-14(2,3)4/h6-8,15,19H,1-5H3. The van der Waals surface area contributed by atoms with Crippen molar-refractivity contribution in [1.29, 1.82) is 0 Å². The van der Waals surface area contributed by atoms with Gasteiger partial charge < -0.3 is 4.74 Å². The number of hydrogen-bond donors (Lipinski definition) is 2. The number of esters is 1. The number of rotatable bonds is 4. The third-order valence-corrected chi connectivity index (χ3v) is 4.44. The van der Waals surface area contributed by atoms with Crippen LogP contribution in [0.1, 0.15) is 38.1 Å². The van der Waals surface area contributed by atoms with E-state index in [1.165, 1.54) is 12.1 Å². The second-order valence-electron chi connectivity index (χ2n) is 5.86. The Balaban J connectivity index is 3.54. The van der Waals surface area contributed by atoms with Crippen LogP contribution in [0.3, 0.4) is 0 Å². The maximum Gasteiger partial charge on any atom is 0.339 e. The Labute approximate surface area is 135 Å². The average Bonchev–Trinajstić information content (AvgIpc) is 2.42. The Kier molecular flexibility index (Phi) is 5.51. The van der Waals surface area contributed by atoms with Gasteiger partial charge in [0.05, 0.1) is 23.3 Å². The number of nitrogens with one attached hydrogen (secondary N) is 1. The first-order chi connectivity index (χ1) is 10.4. The highest BCUT2D eigenvalue weighted by Gasteiger charge is 2.28. The summed E-state index contributed by atoms with van der Waals surface area (Å²) >= 11 is 0. The van der Waals surface area contributed by atoms with E-state index >= 15 is 0 Å². The van der Waals surface area contributed by atoms with Crippen molar-refractivity contribution >= 4 is 27.6 Å². The largest absolute Gasteiger partial charge is 0.465 e. The molecule has 2 N–H and O–H groups in total. The van der Waals surface area contributed by atoms with Gasteiger partial charge in [0.15, 0.2) is 0 Å². The second-order valence-corrected chi connectivity index (χ2v) is 7.51. The summed E-state index contributed by atoms with van der Waals surface area (Å²) in [5, 5.41) is 9.95. The van der Waals surface area contributed by atoms with Gasteiger partial charge in [0, 0.05) is 12.5 Å². The van der Waals surface area contributed by atoms with Crippen LogP contribution in [0.25, 0.3) is 0 Å². The van der Waals surface area contributed by atoms with Crippen LogP contribution in [0, 0.1) is 0 Å². The van der Waals surface area contributed by atoms with Crippen molar-refractivity contribution in [3.63, 3.8) is 0 Å². The monoisotopic (exact) mass is 344 g/mol. The quantitative estimate of drug-likeness (QED) is 0.483. The molecule has 1 amide bonds. The van der Waals surface area contributed by atoms with Crippen molar-refractivity contribution in [3.8, 4) is 0 Å². The Hall–Kier alpha value is -1.97. The third kappa shape index (κ3) is 4.75. The first kappa shape index (κ1) is 19.1. The molecule has 0 spiro atoms. The maximum absolute atomic E-state index is 12.5. The van der Waals surface area contributed by atoms with Gasteiger partial charge in [-0.3, -0.25) is 10.0 Å². The summed E-state index contributed by atoms with van der Waals surface area (Å²) in [4.78, 5) is 22.6. The molecule has 9 heteroatoms. The van der Waals surface area contributed by atoms with Crippen LogP contribution in [0.5, 0.6) is 0 Å². The van der Waals surface area contributed by atoms with Crippen molar-refractivity contribution in [2.24, 2.45) is 0 Å². The van der Waals surface area contributed by atoms with Gasteiger partial charge >= 0.3 is 5.97 Å². The zero-order chi connectivity index (χ0) is 18.0. The number of anilines is 1. The van der Waals surface area contributed by atoms with Crippen molar-refractivity contribution in [2.45, 2.75) is 38.1 Å². The van der Waals surface area contributed by atoms with Gasteiger partial charge in [0.1, 0.15) is 0 Å². The summed E-state index contributed by atoms with van der Waals surface area (Å²) in [5.74, 6) is -1.55. The van der Waals surface area contributed by atoms with Gasteiger partial charge in [0.25, 0.3) is 0 Å². The average molecular weight is 344 g/mol. The van der Waals surface area contributed by atoms with E-state index < -0.39 is 32.3 Å². The van der Waals surface area contributed by atoms with Crippen molar-refractivity contribution in [3.05, 3.63) is 23.8 Å². The van der Waals surface area contributed by atoms with Crippen LogP contribution in [-0.4, -0.2) is 38.2 Å². The molecular formula is C14H20N2O6S. The summed E-state index contributed by atoms with van der Waals surface area (Å²) in [6.07, 6.45) is 0. The van der Waals surface area contributed by atoms with Crippen LogP contribution < -0.4 is 9.79 Å². The highest BCUT2D eigenvalue weighted by molar-refractivity contribution is 7.89. The number of carbonyl (C=O) groups excluding carboxylic acids is 2. The van der Waals surface area contributed by atoms with Crippen molar-refractivity contribution < 1.29 is 28.0 Å². The van der Waals surface area contributed by atoms with Gasteiger partial charge in [0.2, 0.25) is 15.9 Å². The number of ether oxygens (including phenoxy) is 1. The number of methoxy groups -OCH3 is 1. The Bertz CT molecular complexity index is 721. The molecule has 0 aliphatic heterocycles. The molecule has 0 aliphatic rings. The molecule has 0 saturated carbocycles. The Morgan fingerprint density at radius 1 is 1.26 bits per heavy atom. The SMILES string of the molecule is COC(=O)c1ccc(N(O)C(C)=O)cc1S(=O)(=O)NC(C)(C)C. The molecule has 1 rings (SSSR count). The fourth-order valence-electron chi connectivity index (χ4n) is 1.78. The fraction of sp³-hybridized carbons (Fsp3) is 0.429. The molecule has 0 radical (unpaired) electrons. The van der Waals surface area contributed by atoms with E-state index in [4.69, 9.17) is 0 Å². The molecule has 0 atom stereocenters. The lowest BCUT2D eigenvalue weighted by Crippen LogP contribution is -2.41. The molecule has 0 fully saturated rings. The minimum Gasteiger partial charge on any atom is -0.465 e. The van der Waals surface area contributed by atoms with Gasteiger partial charge in [-0.25, -0.2) is 17.9 Å². The number of hydroxylamine groups is 1. The van der Waals surface area contributed by atoms with Gasteiger partial charge in [-0.15, -0.1) is 0 Å². The molecule has 1 aromatic carbocycles. The van der Waals surface area contributed by atoms with Gasteiger partial charge in [-0.05, 0) is 39.0 Å². The van der Waals surface area contributed by atoms with Crippen molar-refractivity contribution in [1.82, 2.24) is 4.72 Å². The van der Waals surface area contributed by atoms with Crippen LogP contribution in [0.15, 0.2) is 23.1 Å². The third-order valence-electron chi connectivity index (χ3n) is 2.64. The molecule has 0 saturated heterocycles. The number of hydrogen-bond acceptors (Lipinski definition) is 6. The second kappa shape index (κ2) is 6.65. The molecule has 8 nitrogen and oxygen atoms in total. The first-order valence-electron chi connectivity index (χ1n) is 6.65. The summed E-state index contributed by atoms with van der Waals surface area (Å²) in [6.45, 7) is 6.02. The first-order valence-corrected chi connectivity index (χ1v) is 8.13. The molecule has 1 aromatic rings. The molecule has 0 unspecified atom stereocenters. The van der Waals surface area contributed by atoms with E-state index in [0.717, 1.165) is 20.1 Å². The molecular weight excluding hydrogens is 324 g/mol. The number of amides is 1. The smallest absolute Gasteiger partial charge is 0.339 e. The zero-order valence-electron chi connectivity index (χ0n) is 13.6. The predicted molar refractivity (Wildman–Crippen MR) is 82.8 cm³/mol. The van der Waals surface area contributed by atoms with Crippen molar-refractivity contribution in [2.75, 3.05) is 12.2 Å². The number of nitrogens with zero attached hydrogens (tertiary/aromatic N) is 1. The zero-order valence-corrected chi connectivity index (χ0v) is 14.4. The molecule has 23 heavy (non-hydrogen) atoms. The summed E-state index contributed by atoms with van der Waals surface area (Å²) in [6, 6.07) is 3.44. The van der Waals surface area contributed by atoms with Crippen LogP contribution in [0.4, 0.5) is 5.69 Å². The minimum absolute atomic E-state index is 0.0839. The summed E-state index contributed by atoms with van der Waals surface area (Å²) < 4.78 is 32.0. The highest BCUT2D eigenvalue weighted by Crippen LogP contribution is 2.25. The molecule has 0 bridgehead atoms. The van der Waals surface area contributed by atoms with Crippen LogP contribution in [0.2, 0.25) is 0 Å². The molecule has 0 aromatic heterocycles. The lowest BCUT2D eigenvalue weighted by molar-refractivity contribution is -0.121. The summed E-state index contributed by atoms with van der Waals surface area (Å²) in [5.41, 5.74) is -1.08. The van der Waals surface area contributed by atoms with Crippen LogP contribution >= 0.6 is 0 Å². The molecule has 128 valence electrons. The maximum atomic E-state index is 12.5. The van der Waals surface area contributed by atoms with E-state index in [9.17, 15) is 23.2 Å². The lowest BCUT2D eigenvalue weighted by atomic mass is 10.1. The van der Waals surface area contributed by atoms with Gasteiger partial charge in [-0.1, -0.05) is 0 Å². The number of benzene rings is 1. The van der Waals surface area contributed by atoms with E-state index in [1.54, 1.807) is 20.8 Å². The Morgan fingerprint density at radius 3 is 2.26 bits per heavy atom. The van der Waals surface area contributed by atoms with Crippen LogP contribution in [-0.2, 0) is 19.6 Å². The number of sulfonamides is 1. The normalized spacial score (nSPS) is 11.9. The van der Waals surface area contributed by atoms with Gasteiger partial charge in [-0.2, -0.15) is 5.06 Å². The fourth-order valence-corrected chi connectivity index (χ4v) is 3.42. The predicted octanol–water partition coefficient (Wildman–Crippen LogP) is 1.29. The molecule has 0 heterocycles. The summed E-state index contributed by atoms with van der Waals surface area (Å²) in [7, 11) is -2.96.